The molecule has 1 heterocycles. The molecular formula is C17H21NO. The summed E-state index contributed by atoms with van der Waals surface area (Å²) >= 11 is 0. The zero-order valence-electron chi connectivity index (χ0n) is 11.2. The summed E-state index contributed by atoms with van der Waals surface area (Å²) in [6.45, 7) is 1.80. The van der Waals surface area contributed by atoms with Crippen molar-refractivity contribution in [2.45, 2.75) is 25.3 Å². The van der Waals surface area contributed by atoms with Crippen LogP contribution in [0.3, 0.4) is 0 Å². The van der Waals surface area contributed by atoms with E-state index < -0.39 is 0 Å². The van der Waals surface area contributed by atoms with Crippen molar-refractivity contribution >= 4 is 10.8 Å². The molecule has 100 valence electrons. The Balaban J connectivity index is 1.73. The van der Waals surface area contributed by atoms with E-state index in [0.717, 1.165) is 26.1 Å². The summed E-state index contributed by atoms with van der Waals surface area (Å²) in [6.07, 6.45) is 3.20. The van der Waals surface area contributed by atoms with Crippen LogP contribution in [-0.4, -0.2) is 19.3 Å². The molecule has 2 aromatic rings. The Morgan fingerprint density at radius 2 is 2.00 bits per heavy atom. The zero-order valence-corrected chi connectivity index (χ0v) is 11.2. The minimum atomic E-state index is 0.234. The maximum Gasteiger partial charge on any atom is 0.0495 e. The quantitative estimate of drug-likeness (QED) is 0.911. The maximum atomic E-state index is 6.32. The molecule has 2 heteroatoms. The van der Waals surface area contributed by atoms with Crippen LogP contribution in [0.4, 0.5) is 0 Å². The monoisotopic (exact) mass is 255 g/mol. The van der Waals surface area contributed by atoms with Gasteiger partial charge in [0.15, 0.2) is 0 Å². The van der Waals surface area contributed by atoms with Gasteiger partial charge < -0.3 is 10.5 Å². The van der Waals surface area contributed by atoms with Crippen LogP contribution in [-0.2, 0) is 11.2 Å². The van der Waals surface area contributed by atoms with Crippen LogP contribution in [0.2, 0.25) is 0 Å². The molecule has 2 aromatic carbocycles. The fourth-order valence-electron chi connectivity index (χ4n) is 3.03. The number of hydrogen-bond acceptors (Lipinski definition) is 2. The van der Waals surface area contributed by atoms with Crippen molar-refractivity contribution < 1.29 is 4.74 Å². The molecule has 2 unspecified atom stereocenters. The highest BCUT2D eigenvalue weighted by Gasteiger charge is 2.19. The van der Waals surface area contributed by atoms with E-state index in [1.54, 1.807) is 0 Å². The number of benzene rings is 2. The summed E-state index contributed by atoms with van der Waals surface area (Å²) in [6, 6.07) is 15.3. The lowest BCUT2D eigenvalue weighted by atomic mass is 9.93. The van der Waals surface area contributed by atoms with Crippen molar-refractivity contribution in [1.29, 1.82) is 0 Å². The fraction of sp³-hybridized carbons (Fsp3) is 0.412. The Kier molecular flexibility index (Phi) is 3.81. The second-order valence-corrected chi connectivity index (χ2v) is 5.57. The predicted molar refractivity (Wildman–Crippen MR) is 79.2 cm³/mol. The van der Waals surface area contributed by atoms with Crippen LogP contribution in [0.15, 0.2) is 42.5 Å². The first kappa shape index (κ1) is 12.6. The third-order valence-electron chi connectivity index (χ3n) is 4.02. The molecule has 0 radical (unpaired) electrons. The van der Waals surface area contributed by atoms with Gasteiger partial charge in [0.05, 0.1) is 0 Å². The van der Waals surface area contributed by atoms with Crippen molar-refractivity contribution in [2.24, 2.45) is 11.7 Å². The minimum absolute atomic E-state index is 0.234. The van der Waals surface area contributed by atoms with Crippen molar-refractivity contribution in [1.82, 2.24) is 0 Å². The molecule has 0 aliphatic carbocycles. The fourth-order valence-corrected chi connectivity index (χ4v) is 3.03. The molecule has 2 N–H and O–H groups in total. The van der Waals surface area contributed by atoms with E-state index in [4.69, 9.17) is 10.5 Å². The number of nitrogens with two attached hydrogens (primary N) is 1. The van der Waals surface area contributed by atoms with Crippen LogP contribution in [0.1, 0.15) is 18.4 Å². The van der Waals surface area contributed by atoms with E-state index in [9.17, 15) is 0 Å². The lowest BCUT2D eigenvalue weighted by Crippen LogP contribution is -2.26. The molecule has 0 spiro atoms. The SMILES string of the molecule is NC(Cc1cccc2ccccc12)CC1CCOC1. The highest BCUT2D eigenvalue weighted by molar-refractivity contribution is 5.85. The Morgan fingerprint density at radius 3 is 2.84 bits per heavy atom. The van der Waals surface area contributed by atoms with Gasteiger partial charge in [0.2, 0.25) is 0 Å². The largest absolute Gasteiger partial charge is 0.381 e. The van der Waals surface area contributed by atoms with Gasteiger partial charge in [-0.05, 0) is 41.5 Å². The normalized spacial score (nSPS) is 20.8. The molecule has 2 nitrogen and oxygen atoms in total. The van der Waals surface area contributed by atoms with E-state index >= 15 is 0 Å². The molecular weight excluding hydrogens is 234 g/mol. The molecule has 1 aliphatic rings. The molecule has 0 saturated carbocycles. The molecule has 0 aromatic heterocycles. The summed E-state index contributed by atoms with van der Waals surface area (Å²) in [5, 5.41) is 2.64. The molecule has 19 heavy (non-hydrogen) atoms. The Morgan fingerprint density at radius 1 is 1.16 bits per heavy atom. The van der Waals surface area contributed by atoms with E-state index in [1.165, 1.54) is 22.8 Å². The summed E-state index contributed by atoms with van der Waals surface area (Å²) in [7, 11) is 0. The summed E-state index contributed by atoms with van der Waals surface area (Å²) in [5.74, 6) is 0.657. The van der Waals surface area contributed by atoms with Crippen LogP contribution in [0.5, 0.6) is 0 Å². The van der Waals surface area contributed by atoms with Crippen molar-refractivity contribution in [2.75, 3.05) is 13.2 Å². The summed E-state index contributed by atoms with van der Waals surface area (Å²) in [5.41, 5.74) is 7.69. The first-order chi connectivity index (χ1) is 9.33. The third kappa shape index (κ3) is 2.96. The average Bonchev–Trinajstić information content (AvgIpc) is 2.92. The van der Waals surface area contributed by atoms with Crippen molar-refractivity contribution in [3.8, 4) is 0 Å². The number of fused-ring (bicyclic) bond motifs is 1. The first-order valence-electron chi connectivity index (χ1n) is 7.13. The van der Waals surface area contributed by atoms with Crippen LogP contribution in [0.25, 0.3) is 10.8 Å². The van der Waals surface area contributed by atoms with Gasteiger partial charge in [0.25, 0.3) is 0 Å². The van der Waals surface area contributed by atoms with E-state index in [2.05, 4.69) is 42.5 Å². The molecule has 1 aliphatic heterocycles. The highest BCUT2D eigenvalue weighted by atomic mass is 16.5. The molecule has 0 amide bonds. The molecule has 2 atom stereocenters. The first-order valence-corrected chi connectivity index (χ1v) is 7.13. The van der Waals surface area contributed by atoms with Gasteiger partial charge in [-0.3, -0.25) is 0 Å². The summed E-state index contributed by atoms with van der Waals surface area (Å²) in [4.78, 5) is 0. The highest BCUT2D eigenvalue weighted by Crippen LogP contribution is 2.23. The molecule has 0 bridgehead atoms. The van der Waals surface area contributed by atoms with Gasteiger partial charge in [-0.15, -0.1) is 0 Å². The Labute approximate surface area is 114 Å². The number of ether oxygens (including phenoxy) is 1. The second kappa shape index (κ2) is 5.72. The van der Waals surface area contributed by atoms with Crippen LogP contribution in [0, 0.1) is 5.92 Å². The van der Waals surface area contributed by atoms with Crippen LogP contribution >= 0.6 is 0 Å². The van der Waals surface area contributed by atoms with E-state index in [1.807, 2.05) is 0 Å². The van der Waals surface area contributed by atoms with Gasteiger partial charge in [0, 0.05) is 19.3 Å². The Bertz CT molecular complexity index is 540. The van der Waals surface area contributed by atoms with Gasteiger partial charge in [-0.25, -0.2) is 0 Å². The smallest absolute Gasteiger partial charge is 0.0495 e. The van der Waals surface area contributed by atoms with Crippen molar-refractivity contribution in [3.63, 3.8) is 0 Å². The molecule has 3 rings (SSSR count). The van der Waals surface area contributed by atoms with Gasteiger partial charge >= 0.3 is 0 Å². The van der Waals surface area contributed by atoms with E-state index in [-0.39, 0.29) is 6.04 Å². The number of rotatable bonds is 4. The molecule has 1 saturated heterocycles. The van der Waals surface area contributed by atoms with Gasteiger partial charge in [-0.2, -0.15) is 0 Å². The number of hydrogen-bond donors (Lipinski definition) is 1. The molecule has 1 fully saturated rings. The van der Waals surface area contributed by atoms with Gasteiger partial charge in [-0.1, -0.05) is 42.5 Å². The maximum absolute atomic E-state index is 6.32. The van der Waals surface area contributed by atoms with Crippen LogP contribution < -0.4 is 5.73 Å². The second-order valence-electron chi connectivity index (χ2n) is 5.57. The third-order valence-corrected chi connectivity index (χ3v) is 4.02. The van der Waals surface area contributed by atoms with Crippen molar-refractivity contribution in [3.05, 3.63) is 48.0 Å². The lowest BCUT2D eigenvalue weighted by Gasteiger charge is -2.16. The van der Waals surface area contributed by atoms with Gasteiger partial charge in [0.1, 0.15) is 0 Å². The average molecular weight is 255 g/mol. The topological polar surface area (TPSA) is 35.2 Å². The minimum Gasteiger partial charge on any atom is -0.381 e. The standard InChI is InChI=1S/C17H21NO/c18-16(10-13-8-9-19-12-13)11-15-6-3-5-14-4-1-2-7-17(14)15/h1-7,13,16H,8-12,18H2. The Hall–Kier alpha value is -1.38. The summed E-state index contributed by atoms with van der Waals surface area (Å²) < 4.78 is 5.42. The van der Waals surface area contributed by atoms with E-state index in [0.29, 0.717) is 5.92 Å². The zero-order chi connectivity index (χ0) is 13.1. The lowest BCUT2D eigenvalue weighted by molar-refractivity contribution is 0.182. The predicted octanol–water partition coefficient (Wildman–Crippen LogP) is 3.14.